The molecule has 0 radical (unpaired) electrons. The Bertz CT molecular complexity index is 2770. The van der Waals surface area contributed by atoms with Crippen LogP contribution in [-0.2, 0) is 34.8 Å². The zero-order valence-electron chi connectivity index (χ0n) is 37.5. The van der Waals surface area contributed by atoms with Crippen LogP contribution in [0.25, 0.3) is 11.0 Å². The number of nitrogens with one attached hydrogen (secondary N) is 2. The molecule has 1 saturated carbocycles. The minimum Gasteiger partial charge on any atom is -0.385 e. The van der Waals surface area contributed by atoms with Crippen molar-refractivity contribution in [2.45, 2.75) is 103 Å². The predicted molar refractivity (Wildman–Crippen MR) is 246 cm³/mol. The van der Waals surface area contributed by atoms with E-state index >= 15 is 0 Å². The van der Waals surface area contributed by atoms with Gasteiger partial charge in [0.1, 0.15) is 17.5 Å². The Morgan fingerprint density at radius 2 is 1.64 bits per heavy atom. The quantitative estimate of drug-likeness (QED) is 0.124. The van der Waals surface area contributed by atoms with Crippen LogP contribution >= 0.6 is 0 Å². The molecule has 0 bridgehead atoms. The number of benzene rings is 1. The lowest BCUT2D eigenvalue weighted by atomic mass is 9.83. The number of nitrogens with zero attached hydrogens (tertiary/aromatic N) is 9. The molecule has 17 nitrogen and oxygen atoms in total. The van der Waals surface area contributed by atoms with Gasteiger partial charge >= 0.3 is 0 Å². The number of imide groups is 1. The number of likely N-dealkylation sites (tertiary alicyclic amines) is 1. The van der Waals surface area contributed by atoms with E-state index in [1.54, 1.807) is 23.8 Å². The van der Waals surface area contributed by atoms with E-state index in [0.29, 0.717) is 66.3 Å². The van der Waals surface area contributed by atoms with E-state index in [4.69, 9.17) is 9.97 Å². The topological polar surface area (TPSA) is 199 Å². The number of carbonyl (C=O) groups excluding carboxylic acids is 4. The molecule has 1 aliphatic carbocycles. The first-order valence-corrected chi connectivity index (χ1v) is 23.2. The summed E-state index contributed by atoms with van der Waals surface area (Å²) in [5.74, 6) is -0.264. The molecule has 8 heterocycles. The number of aryl methyl sites for hydroxylation is 1. The fraction of sp³-hybridized carbons (Fsp3) is 0.449. The van der Waals surface area contributed by atoms with Gasteiger partial charge in [-0.2, -0.15) is 4.98 Å². The Morgan fingerprint density at radius 3 is 2.33 bits per heavy atom. The Balaban J connectivity index is 0.693. The Kier molecular flexibility index (Phi) is 11.7. The number of Topliss-reactive ketones (excluding diaryl/α,β-unsaturated/α-hetero) is 1. The molecule has 4 aliphatic heterocycles. The number of anilines is 3. The second-order valence-electron chi connectivity index (χ2n) is 18.6. The average molecular weight is 894 g/mol. The lowest BCUT2D eigenvalue weighted by molar-refractivity contribution is -0.136. The molecule has 5 aromatic rings. The summed E-state index contributed by atoms with van der Waals surface area (Å²) in [6, 6.07) is 13.1. The smallest absolute Gasteiger partial charge is 0.263 e. The van der Waals surface area contributed by atoms with E-state index in [1.807, 2.05) is 36.7 Å². The molecular weight excluding hydrogens is 839 g/mol. The molecule has 66 heavy (non-hydrogen) atoms. The number of amides is 3. The fourth-order valence-electron chi connectivity index (χ4n) is 10.6. The van der Waals surface area contributed by atoms with Gasteiger partial charge in [-0.15, -0.1) is 0 Å². The number of piperidine rings is 2. The zero-order chi connectivity index (χ0) is 45.7. The summed E-state index contributed by atoms with van der Waals surface area (Å²) in [4.78, 5) is 90.9. The Morgan fingerprint density at radius 1 is 0.864 bits per heavy atom. The van der Waals surface area contributed by atoms with E-state index in [-0.39, 0.29) is 47.7 Å². The minimum atomic E-state index is -1.01. The van der Waals surface area contributed by atoms with E-state index in [2.05, 4.69) is 47.4 Å². The van der Waals surface area contributed by atoms with Crippen LogP contribution in [-0.4, -0.2) is 113 Å². The summed E-state index contributed by atoms with van der Waals surface area (Å²) < 4.78 is 1.72. The van der Waals surface area contributed by atoms with Crippen LogP contribution in [0, 0.1) is 6.92 Å². The maximum Gasteiger partial charge on any atom is 0.263 e. The number of ketones is 1. The van der Waals surface area contributed by atoms with Gasteiger partial charge in [0, 0.05) is 94.7 Å². The van der Waals surface area contributed by atoms with Crippen molar-refractivity contribution in [2.24, 2.45) is 0 Å². The third kappa shape index (κ3) is 8.46. The van der Waals surface area contributed by atoms with Crippen molar-refractivity contribution >= 4 is 52.0 Å². The molecule has 1 unspecified atom stereocenters. The number of aromatic nitrogens is 5. The van der Waals surface area contributed by atoms with Crippen LogP contribution in [0.3, 0.4) is 0 Å². The lowest BCUT2D eigenvalue weighted by Crippen LogP contribution is -2.52. The number of piperazine rings is 1. The van der Waals surface area contributed by atoms with Crippen molar-refractivity contribution in [2.75, 3.05) is 49.5 Å². The third-order valence-corrected chi connectivity index (χ3v) is 14.4. The number of rotatable bonds is 11. The van der Waals surface area contributed by atoms with Gasteiger partial charge in [0.15, 0.2) is 5.78 Å². The van der Waals surface area contributed by atoms with Crippen molar-refractivity contribution in [3.05, 3.63) is 110 Å². The third-order valence-electron chi connectivity index (χ3n) is 14.4. The maximum atomic E-state index is 13.6. The van der Waals surface area contributed by atoms with Gasteiger partial charge in [0.2, 0.25) is 17.8 Å². The summed E-state index contributed by atoms with van der Waals surface area (Å²) in [5.41, 5.74) is 5.39. The van der Waals surface area contributed by atoms with Crippen molar-refractivity contribution in [1.82, 2.24) is 44.5 Å². The van der Waals surface area contributed by atoms with E-state index in [0.717, 1.165) is 93.0 Å². The number of hydrogen-bond donors (Lipinski definition) is 3. The van der Waals surface area contributed by atoms with Crippen LogP contribution in [0.15, 0.2) is 65.8 Å². The fourth-order valence-corrected chi connectivity index (χ4v) is 10.6. The predicted octanol–water partition coefficient (Wildman–Crippen LogP) is 4.52. The summed E-state index contributed by atoms with van der Waals surface area (Å²) in [6.45, 7) is 9.92. The van der Waals surface area contributed by atoms with Crippen molar-refractivity contribution in [3.63, 3.8) is 0 Å². The zero-order valence-corrected chi connectivity index (χ0v) is 37.5. The number of aliphatic hydroxyl groups is 1. The standard InChI is InChI=1S/C49H55N11O6/c1-30-39-26-52-48(55-44(39)60(36-5-3-4-6-36)47(65)43(30)31(2)61)53-41-13-10-37(25-51-41)58-21-19-57(20-22-58)29-35-9-7-32(24-50-35)27-56-17-15-49(66,16-18-56)34-8-11-38-33(23-34)28-59(46(38)64)40-12-14-42(62)54-45(40)63/h7-11,13,23-26,36,40,66H,3-6,12,14-22,27-29H2,1-2H3,(H,54,62,63)(H,51,52,53,55). The van der Waals surface area contributed by atoms with Gasteiger partial charge in [-0.3, -0.25) is 48.6 Å². The van der Waals surface area contributed by atoms with E-state index in [1.165, 1.54) is 11.8 Å². The van der Waals surface area contributed by atoms with Gasteiger partial charge in [0.25, 0.3) is 11.5 Å². The van der Waals surface area contributed by atoms with Crippen molar-refractivity contribution in [3.8, 4) is 0 Å². The molecule has 4 aromatic heterocycles. The monoisotopic (exact) mass is 893 g/mol. The molecule has 342 valence electrons. The van der Waals surface area contributed by atoms with Gasteiger partial charge in [-0.1, -0.05) is 31.0 Å². The summed E-state index contributed by atoms with van der Waals surface area (Å²) >= 11 is 0. The Labute approximate surface area is 382 Å². The highest BCUT2D eigenvalue weighted by molar-refractivity contribution is 6.05. The average Bonchev–Trinajstić information content (AvgIpc) is 3.96. The second kappa shape index (κ2) is 17.8. The SMILES string of the molecule is CC(=O)c1c(C)c2cnc(Nc3ccc(N4CCN(Cc5ccc(CN6CCC(O)(c7ccc8c(c7)CN(C7CCC(=O)NC7=O)C8=O)CC6)cn5)CC4)cn3)nc2n(C2CCCC2)c1=O. The first-order valence-electron chi connectivity index (χ1n) is 23.2. The lowest BCUT2D eigenvalue weighted by Gasteiger charge is -2.38. The van der Waals surface area contributed by atoms with Crippen LogP contribution in [0.2, 0.25) is 0 Å². The van der Waals surface area contributed by atoms with Crippen LogP contribution in [0.5, 0.6) is 0 Å². The molecule has 0 spiro atoms. The van der Waals surface area contributed by atoms with Crippen molar-refractivity contribution in [1.29, 1.82) is 0 Å². The first kappa shape index (κ1) is 43.5. The van der Waals surface area contributed by atoms with Crippen molar-refractivity contribution < 1.29 is 24.3 Å². The second-order valence-corrected chi connectivity index (χ2v) is 18.6. The number of hydrogen-bond acceptors (Lipinski definition) is 14. The first-order chi connectivity index (χ1) is 31.9. The molecule has 5 aliphatic rings. The number of fused-ring (bicyclic) bond motifs is 2. The van der Waals surface area contributed by atoms with Crippen LogP contribution in [0.4, 0.5) is 17.5 Å². The highest BCUT2D eigenvalue weighted by atomic mass is 16.3. The van der Waals surface area contributed by atoms with Gasteiger partial charge in [-0.25, -0.2) is 9.97 Å². The van der Waals surface area contributed by atoms with Crippen LogP contribution in [0.1, 0.15) is 113 Å². The summed E-state index contributed by atoms with van der Waals surface area (Å²) in [7, 11) is 0. The van der Waals surface area contributed by atoms with Gasteiger partial charge in [0.05, 0.1) is 28.7 Å². The van der Waals surface area contributed by atoms with Crippen LogP contribution < -0.4 is 21.1 Å². The molecule has 10 rings (SSSR count). The van der Waals surface area contributed by atoms with E-state index < -0.39 is 17.6 Å². The summed E-state index contributed by atoms with van der Waals surface area (Å²) in [6.07, 6.45) is 11.0. The molecule has 3 N–H and O–H groups in total. The van der Waals surface area contributed by atoms with Gasteiger partial charge in [-0.05, 0) is 92.5 Å². The molecule has 3 amide bonds. The highest BCUT2D eigenvalue weighted by Gasteiger charge is 2.41. The normalized spacial score (nSPS) is 20.5. The largest absolute Gasteiger partial charge is 0.385 e. The molecule has 1 aromatic carbocycles. The number of pyridine rings is 3. The number of carbonyl (C=O) groups is 4. The summed E-state index contributed by atoms with van der Waals surface area (Å²) in [5, 5.41) is 18.0. The molecular formula is C49H55N11O6. The highest BCUT2D eigenvalue weighted by Crippen LogP contribution is 2.37. The molecule has 3 saturated heterocycles. The molecule has 1 atom stereocenters. The minimum absolute atomic E-state index is 0.00586. The maximum absolute atomic E-state index is 13.6. The molecule has 17 heteroatoms. The molecule has 4 fully saturated rings. The Hall–Kier alpha value is -6.43. The van der Waals surface area contributed by atoms with E-state index in [9.17, 15) is 29.1 Å². The van der Waals surface area contributed by atoms with Gasteiger partial charge < -0.3 is 20.2 Å².